The molecule has 1 heterocycles. The van der Waals surface area contributed by atoms with Gasteiger partial charge in [0, 0.05) is 6.54 Å². The normalized spacial score (nSPS) is 20.8. The molecule has 1 aliphatic heterocycles. The molecular weight excluding hydrogens is 208 g/mol. The van der Waals surface area contributed by atoms with Crippen molar-refractivity contribution in [1.82, 2.24) is 10.2 Å². The minimum Gasteiger partial charge on any atom is -0.379 e. The highest BCUT2D eigenvalue weighted by Crippen LogP contribution is 2.01. The minimum atomic E-state index is -0.422. The molecule has 0 aromatic heterocycles. The van der Waals surface area contributed by atoms with E-state index in [4.69, 9.17) is 4.74 Å². The third-order valence-electron chi connectivity index (χ3n) is 2.37. The number of rotatable bonds is 6. The number of amides is 2. The first-order valence-electron chi connectivity index (χ1n) is 5.42. The summed E-state index contributed by atoms with van der Waals surface area (Å²) in [7, 11) is 0. The van der Waals surface area contributed by atoms with Crippen molar-refractivity contribution in [3.05, 3.63) is 12.7 Å². The number of hydrogen-bond donors (Lipinski definition) is 1. The lowest BCUT2D eigenvalue weighted by Crippen LogP contribution is -2.57. The fourth-order valence-corrected chi connectivity index (χ4v) is 1.51. The Hall–Kier alpha value is -1.36. The molecule has 1 N–H and O–H groups in total. The van der Waals surface area contributed by atoms with Gasteiger partial charge >= 0.3 is 0 Å². The zero-order valence-corrected chi connectivity index (χ0v) is 9.57. The van der Waals surface area contributed by atoms with Gasteiger partial charge in [0.15, 0.2) is 0 Å². The molecular formula is C11H18N2O3. The fourth-order valence-electron chi connectivity index (χ4n) is 1.51. The number of nitrogens with zero attached hydrogens (tertiary/aromatic N) is 1. The van der Waals surface area contributed by atoms with Crippen LogP contribution in [0.1, 0.15) is 13.3 Å². The third-order valence-corrected chi connectivity index (χ3v) is 2.37. The molecule has 1 atom stereocenters. The van der Waals surface area contributed by atoms with Gasteiger partial charge in [0.1, 0.15) is 6.04 Å². The highest BCUT2D eigenvalue weighted by atomic mass is 16.5. The van der Waals surface area contributed by atoms with Gasteiger partial charge in [-0.25, -0.2) is 0 Å². The number of nitrogens with one attached hydrogen (secondary N) is 1. The van der Waals surface area contributed by atoms with Crippen molar-refractivity contribution in [2.45, 2.75) is 19.4 Å². The van der Waals surface area contributed by atoms with E-state index >= 15 is 0 Å². The predicted octanol–water partition coefficient (Wildman–Crippen LogP) is -0.0740. The highest BCUT2D eigenvalue weighted by Gasteiger charge is 2.28. The number of hydrogen-bond acceptors (Lipinski definition) is 3. The minimum absolute atomic E-state index is 0.0491. The largest absolute Gasteiger partial charge is 0.379 e. The van der Waals surface area contributed by atoms with Crippen LogP contribution in [0.25, 0.3) is 0 Å². The van der Waals surface area contributed by atoms with E-state index in [0.29, 0.717) is 19.8 Å². The lowest BCUT2D eigenvalue weighted by atomic mass is 10.2. The smallest absolute Gasteiger partial charge is 0.245 e. The van der Waals surface area contributed by atoms with Crippen LogP contribution in [0, 0.1) is 0 Å². The number of piperazine rings is 1. The summed E-state index contributed by atoms with van der Waals surface area (Å²) in [6.45, 7) is 6.93. The van der Waals surface area contributed by atoms with Gasteiger partial charge in [0.05, 0.1) is 19.8 Å². The first-order valence-corrected chi connectivity index (χ1v) is 5.42. The van der Waals surface area contributed by atoms with Gasteiger partial charge in [-0.15, -0.1) is 6.58 Å². The van der Waals surface area contributed by atoms with Crippen LogP contribution in [0.5, 0.6) is 0 Å². The quantitative estimate of drug-likeness (QED) is 0.509. The van der Waals surface area contributed by atoms with Crippen LogP contribution in [-0.4, -0.2) is 49.1 Å². The van der Waals surface area contributed by atoms with Crippen LogP contribution < -0.4 is 5.32 Å². The summed E-state index contributed by atoms with van der Waals surface area (Å²) < 4.78 is 5.30. The molecule has 1 aliphatic rings. The van der Waals surface area contributed by atoms with E-state index in [-0.39, 0.29) is 18.4 Å². The van der Waals surface area contributed by atoms with Crippen LogP contribution >= 0.6 is 0 Å². The van der Waals surface area contributed by atoms with Gasteiger partial charge in [0.25, 0.3) is 0 Å². The highest BCUT2D eigenvalue weighted by molar-refractivity contribution is 5.94. The van der Waals surface area contributed by atoms with Crippen LogP contribution in [0.15, 0.2) is 12.7 Å². The summed E-state index contributed by atoms with van der Waals surface area (Å²) in [5.41, 5.74) is 0. The second-order valence-electron chi connectivity index (χ2n) is 3.74. The van der Waals surface area contributed by atoms with Crippen LogP contribution in [-0.2, 0) is 14.3 Å². The van der Waals surface area contributed by atoms with Gasteiger partial charge in [-0.3, -0.25) is 9.59 Å². The Morgan fingerprint density at radius 1 is 1.56 bits per heavy atom. The van der Waals surface area contributed by atoms with Gasteiger partial charge < -0.3 is 15.0 Å². The molecule has 5 heteroatoms. The molecule has 90 valence electrons. The van der Waals surface area contributed by atoms with E-state index in [9.17, 15) is 9.59 Å². The molecule has 0 aliphatic carbocycles. The third kappa shape index (κ3) is 3.66. The molecule has 0 saturated carbocycles. The Morgan fingerprint density at radius 2 is 2.31 bits per heavy atom. The molecule has 0 aromatic carbocycles. The Morgan fingerprint density at radius 3 is 3.00 bits per heavy atom. The molecule has 1 fully saturated rings. The van der Waals surface area contributed by atoms with Crippen molar-refractivity contribution in [2.24, 2.45) is 0 Å². The molecule has 0 bridgehead atoms. The monoisotopic (exact) mass is 226 g/mol. The van der Waals surface area contributed by atoms with E-state index in [1.807, 2.05) is 0 Å². The maximum atomic E-state index is 11.6. The van der Waals surface area contributed by atoms with Crippen molar-refractivity contribution < 1.29 is 14.3 Å². The fraction of sp³-hybridized carbons (Fsp3) is 0.636. The summed E-state index contributed by atoms with van der Waals surface area (Å²) >= 11 is 0. The molecule has 0 aromatic rings. The topological polar surface area (TPSA) is 58.6 Å². The van der Waals surface area contributed by atoms with E-state index in [1.54, 1.807) is 13.0 Å². The summed E-state index contributed by atoms with van der Waals surface area (Å²) in [5, 5.41) is 2.59. The average molecular weight is 226 g/mol. The first kappa shape index (κ1) is 12.7. The lowest BCUT2D eigenvalue weighted by molar-refractivity contribution is -0.144. The molecule has 1 rings (SSSR count). The Bertz CT molecular complexity index is 278. The van der Waals surface area contributed by atoms with Gasteiger partial charge in [-0.05, 0) is 13.3 Å². The lowest BCUT2D eigenvalue weighted by Gasteiger charge is -2.30. The first-order chi connectivity index (χ1) is 7.65. The molecule has 0 radical (unpaired) electrons. The van der Waals surface area contributed by atoms with Gasteiger partial charge in [-0.2, -0.15) is 0 Å². The molecule has 16 heavy (non-hydrogen) atoms. The Balaban J connectivity index is 2.26. The maximum Gasteiger partial charge on any atom is 0.245 e. The summed E-state index contributed by atoms with van der Waals surface area (Å²) in [6, 6.07) is -0.422. The Labute approximate surface area is 95.4 Å². The zero-order chi connectivity index (χ0) is 12.0. The van der Waals surface area contributed by atoms with E-state index in [1.165, 1.54) is 4.90 Å². The SMILES string of the molecule is C=CCCOCCN1CC(=O)NC(C)C1=O. The molecule has 1 saturated heterocycles. The van der Waals surface area contributed by atoms with Crippen molar-refractivity contribution in [2.75, 3.05) is 26.3 Å². The second kappa shape index (κ2) is 6.27. The van der Waals surface area contributed by atoms with E-state index < -0.39 is 6.04 Å². The maximum absolute atomic E-state index is 11.6. The summed E-state index contributed by atoms with van der Waals surface area (Å²) in [5.74, 6) is -0.162. The van der Waals surface area contributed by atoms with E-state index in [0.717, 1.165) is 6.42 Å². The van der Waals surface area contributed by atoms with Crippen LogP contribution in [0.4, 0.5) is 0 Å². The molecule has 0 spiro atoms. The van der Waals surface area contributed by atoms with E-state index in [2.05, 4.69) is 11.9 Å². The average Bonchev–Trinajstić information content (AvgIpc) is 2.24. The Kier molecular flexibility index (Phi) is 4.98. The summed E-state index contributed by atoms with van der Waals surface area (Å²) in [4.78, 5) is 24.4. The standard InChI is InChI=1S/C11H18N2O3/c1-3-4-6-16-7-5-13-8-10(14)12-9(2)11(13)15/h3,9H,1,4-8H2,2H3,(H,12,14). The van der Waals surface area contributed by atoms with Crippen molar-refractivity contribution in [3.8, 4) is 0 Å². The predicted molar refractivity (Wildman–Crippen MR) is 59.8 cm³/mol. The molecule has 2 amide bonds. The van der Waals surface area contributed by atoms with Crippen molar-refractivity contribution >= 4 is 11.8 Å². The second-order valence-corrected chi connectivity index (χ2v) is 3.74. The van der Waals surface area contributed by atoms with Crippen LogP contribution in [0.2, 0.25) is 0 Å². The van der Waals surface area contributed by atoms with Gasteiger partial charge in [0.2, 0.25) is 11.8 Å². The molecule has 5 nitrogen and oxygen atoms in total. The molecule has 1 unspecified atom stereocenters. The van der Waals surface area contributed by atoms with Crippen LogP contribution in [0.3, 0.4) is 0 Å². The summed E-state index contributed by atoms with van der Waals surface area (Å²) in [6.07, 6.45) is 2.58. The number of carbonyl (C=O) groups is 2. The number of ether oxygens (including phenoxy) is 1. The number of carbonyl (C=O) groups excluding carboxylic acids is 2. The van der Waals surface area contributed by atoms with Gasteiger partial charge in [-0.1, -0.05) is 6.08 Å². The zero-order valence-electron chi connectivity index (χ0n) is 9.57. The van der Waals surface area contributed by atoms with Crippen molar-refractivity contribution in [3.63, 3.8) is 0 Å². The van der Waals surface area contributed by atoms with Crippen molar-refractivity contribution in [1.29, 1.82) is 0 Å².